The third-order valence-corrected chi connectivity index (χ3v) is 12.4. The van der Waals surface area contributed by atoms with Gasteiger partial charge in [0.25, 0.3) is 23.6 Å². The molecule has 5 aromatic rings. The molecule has 0 aliphatic carbocycles. The van der Waals surface area contributed by atoms with Crippen LogP contribution in [-0.2, 0) is 9.47 Å². The second-order valence-electron chi connectivity index (χ2n) is 15.8. The largest absolute Gasteiger partial charge is 0.396 e. The fourth-order valence-electron chi connectivity index (χ4n) is 9.29. The summed E-state index contributed by atoms with van der Waals surface area (Å²) in [5.74, 6) is -1.25. The number of hydrogen-bond acceptors (Lipinski definition) is 7. The molecule has 1 N–H and O–H groups in total. The molecule has 0 saturated heterocycles. The summed E-state index contributed by atoms with van der Waals surface area (Å²) in [4.78, 5) is 60.4. The number of hydrogen-bond donors (Lipinski definition) is 1. The Kier molecular flexibility index (Phi) is 11.5. The monoisotopic (exact) mass is 746 g/mol. The second-order valence-corrected chi connectivity index (χ2v) is 15.8. The third-order valence-electron chi connectivity index (χ3n) is 12.4. The van der Waals surface area contributed by atoms with Crippen molar-refractivity contribution in [2.45, 2.75) is 96.9 Å². The first-order chi connectivity index (χ1) is 26.7. The highest BCUT2D eigenvalue weighted by atomic mass is 16.5. The van der Waals surface area contributed by atoms with E-state index in [4.69, 9.17) is 9.47 Å². The highest BCUT2D eigenvalue weighted by molar-refractivity contribution is 6.41. The van der Waals surface area contributed by atoms with E-state index in [1.165, 1.54) is 4.90 Å². The molecule has 55 heavy (non-hydrogen) atoms. The summed E-state index contributed by atoms with van der Waals surface area (Å²) < 4.78 is 10.7. The van der Waals surface area contributed by atoms with Crippen LogP contribution in [0.2, 0.25) is 0 Å². The Morgan fingerprint density at radius 2 is 0.964 bits per heavy atom. The maximum absolute atomic E-state index is 14.5. The lowest BCUT2D eigenvalue weighted by Crippen LogP contribution is -2.49. The number of nitrogens with zero attached hydrogens (tertiary/aromatic N) is 2. The van der Waals surface area contributed by atoms with Crippen LogP contribution < -0.4 is 0 Å². The summed E-state index contributed by atoms with van der Waals surface area (Å²) in [7, 11) is 3.18. The zero-order valence-corrected chi connectivity index (χ0v) is 32.8. The van der Waals surface area contributed by atoms with Crippen molar-refractivity contribution in [2.75, 3.05) is 40.6 Å². The molecule has 2 heterocycles. The molecule has 0 fully saturated rings. The van der Waals surface area contributed by atoms with E-state index < -0.39 is 17.2 Å². The highest BCUT2D eigenvalue weighted by Crippen LogP contribution is 2.47. The topological polar surface area (TPSA) is 113 Å². The van der Waals surface area contributed by atoms with Gasteiger partial charge in [0.15, 0.2) is 0 Å². The first kappa shape index (κ1) is 38.8. The van der Waals surface area contributed by atoms with Crippen molar-refractivity contribution in [3.8, 4) is 0 Å². The van der Waals surface area contributed by atoms with Crippen molar-refractivity contribution in [2.24, 2.45) is 5.41 Å². The molecule has 7 rings (SSSR count). The van der Waals surface area contributed by atoms with Crippen LogP contribution in [-0.4, -0.2) is 85.2 Å². The fourth-order valence-corrected chi connectivity index (χ4v) is 9.29. The second kappa shape index (κ2) is 16.3. The zero-order chi connectivity index (χ0) is 38.9. The molecule has 4 amide bonds. The summed E-state index contributed by atoms with van der Waals surface area (Å²) in [5.41, 5.74) is 1.17. The first-order valence-corrected chi connectivity index (χ1v) is 20.3. The predicted molar refractivity (Wildman–Crippen MR) is 217 cm³/mol. The van der Waals surface area contributed by atoms with Crippen LogP contribution in [0.25, 0.3) is 43.1 Å². The minimum Gasteiger partial charge on any atom is -0.396 e. The molecule has 9 nitrogen and oxygen atoms in total. The van der Waals surface area contributed by atoms with Gasteiger partial charge in [-0.15, -0.1) is 0 Å². The lowest BCUT2D eigenvalue weighted by molar-refractivity contribution is 0.0151. The molecule has 5 aromatic carbocycles. The zero-order valence-electron chi connectivity index (χ0n) is 32.8. The molecular formula is C46H54N2O7. The number of unbranched alkanes of at least 4 members (excludes halogenated alkanes) is 6. The first-order valence-electron chi connectivity index (χ1n) is 20.3. The van der Waals surface area contributed by atoms with Crippen LogP contribution in [0.4, 0.5) is 0 Å². The third kappa shape index (κ3) is 6.68. The van der Waals surface area contributed by atoms with Gasteiger partial charge in [-0.2, -0.15) is 0 Å². The van der Waals surface area contributed by atoms with Gasteiger partial charge in [-0.3, -0.25) is 29.0 Å². The number of aliphatic hydroxyl groups is 1. The number of imide groups is 2. The van der Waals surface area contributed by atoms with Crippen LogP contribution in [0.1, 0.15) is 132 Å². The summed E-state index contributed by atoms with van der Waals surface area (Å²) >= 11 is 0. The van der Waals surface area contributed by atoms with E-state index in [1.807, 2.05) is 36.4 Å². The molecule has 2 aliphatic rings. The van der Waals surface area contributed by atoms with Crippen molar-refractivity contribution < 1.29 is 33.8 Å². The smallest absolute Gasteiger partial charge is 0.261 e. The molecule has 0 bridgehead atoms. The number of carbonyl (C=O) groups is 4. The molecule has 0 unspecified atom stereocenters. The van der Waals surface area contributed by atoms with E-state index >= 15 is 0 Å². The van der Waals surface area contributed by atoms with Gasteiger partial charge in [-0.25, -0.2) is 0 Å². The Morgan fingerprint density at radius 1 is 0.564 bits per heavy atom. The van der Waals surface area contributed by atoms with Crippen molar-refractivity contribution >= 4 is 66.7 Å². The van der Waals surface area contributed by atoms with Gasteiger partial charge in [-0.05, 0) is 82.3 Å². The molecule has 290 valence electrons. The maximum Gasteiger partial charge on any atom is 0.261 e. The Labute approximate surface area is 323 Å². The van der Waals surface area contributed by atoms with Crippen LogP contribution >= 0.6 is 0 Å². The summed E-state index contributed by atoms with van der Waals surface area (Å²) in [6.45, 7) is 4.90. The van der Waals surface area contributed by atoms with Crippen molar-refractivity contribution in [3.63, 3.8) is 0 Å². The highest BCUT2D eigenvalue weighted by Gasteiger charge is 2.42. The fraction of sp³-hybridized carbons (Fsp3) is 0.478. The minimum atomic E-state index is -0.789. The SMILES string of the molecule is CCCCCCC(CCCCCC)N1C(=O)c2ccc3c4ccc5c6c(ccc(c7ccc(c2c37)C1=O)c64)C(=O)N(CC(CO)(CCOC)CCOC)C5=O. The predicted octanol–water partition coefficient (Wildman–Crippen LogP) is 9.29. The van der Waals surface area contributed by atoms with Gasteiger partial charge in [0.2, 0.25) is 0 Å². The van der Waals surface area contributed by atoms with Crippen LogP contribution in [0, 0.1) is 5.41 Å². The molecule has 0 aromatic heterocycles. The van der Waals surface area contributed by atoms with Gasteiger partial charge in [0, 0.05) is 78.5 Å². The van der Waals surface area contributed by atoms with Gasteiger partial charge >= 0.3 is 0 Å². The van der Waals surface area contributed by atoms with Crippen LogP contribution in [0.3, 0.4) is 0 Å². The normalized spacial score (nSPS) is 14.7. The molecule has 0 spiro atoms. The van der Waals surface area contributed by atoms with Gasteiger partial charge < -0.3 is 14.6 Å². The maximum atomic E-state index is 14.5. The molecule has 0 radical (unpaired) electrons. The van der Waals surface area contributed by atoms with Crippen LogP contribution in [0.5, 0.6) is 0 Å². The van der Waals surface area contributed by atoms with E-state index in [0.717, 1.165) is 96.5 Å². The van der Waals surface area contributed by atoms with E-state index in [1.54, 1.807) is 31.3 Å². The summed E-state index contributed by atoms with van der Waals surface area (Å²) in [5, 5.41) is 17.0. The molecule has 2 aliphatic heterocycles. The average Bonchev–Trinajstić information content (AvgIpc) is 3.20. The van der Waals surface area contributed by atoms with Crippen molar-refractivity contribution in [1.29, 1.82) is 0 Å². The number of methoxy groups -OCH3 is 2. The van der Waals surface area contributed by atoms with Crippen molar-refractivity contribution in [3.05, 3.63) is 70.8 Å². The lowest BCUT2D eigenvalue weighted by Gasteiger charge is -2.38. The number of aliphatic hydroxyl groups excluding tert-OH is 1. The average molecular weight is 747 g/mol. The van der Waals surface area contributed by atoms with E-state index in [2.05, 4.69) is 13.8 Å². The summed E-state index contributed by atoms with van der Waals surface area (Å²) in [6.07, 6.45) is 11.2. The Morgan fingerprint density at radius 3 is 1.33 bits per heavy atom. The number of carbonyl (C=O) groups excluding carboxylic acids is 4. The van der Waals surface area contributed by atoms with Gasteiger partial charge in [-0.1, -0.05) is 89.5 Å². The quantitative estimate of drug-likeness (QED) is 0.0366. The standard InChI is InChI=1S/C46H54N2O7/c1-5-7-9-11-13-29(14-12-10-8-6-2)48-44(52)36-21-17-32-30-15-19-34-40-35(20-16-31(38(30)40)33-18-22-37(45(48)53)41(36)39(32)33)43(51)47(42(34)50)27-46(28-49,23-25-54-3)24-26-55-4/h15-22,29,49H,5-14,23-28H2,1-4H3. The number of fused-ring (bicyclic) bond motifs is 2. The number of benzene rings is 5. The van der Waals surface area contributed by atoms with E-state index in [0.29, 0.717) is 59.1 Å². The number of rotatable bonds is 20. The Bertz CT molecular complexity index is 2120. The Hall–Kier alpha value is -4.44. The molecule has 9 heteroatoms. The van der Waals surface area contributed by atoms with Crippen molar-refractivity contribution in [1.82, 2.24) is 9.80 Å². The molecule has 0 saturated carbocycles. The van der Waals surface area contributed by atoms with Gasteiger partial charge in [0.05, 0.1) is 6.61 Å². The number of ether oxygens (including phenoxy) is 2. The van der Waals surface area contributed by atoms with Gasteiger partial charge in [0.1, 0.15) is 0 Å². The Balaban J connectivity index is 1.32. The number of amides is 4. The van der Waals surface area contributed by atoms with Crippen LogP contribution in [0.15, 0.2) is 48.5 Å². The van der Waals surface area contributed by atoms with E-state index in [-0.39, 0.29) is 31.0 Å². The molecular weight excluding hydrogens is 693 g/mol. The summed E-state index contributed by atoms with van der Waals surface area (Å²) in [6, 6.07) is 15.0. The van der Waals surface area contributed by atoms with E-state index in [9.17, 15) is 24.3 Å². The molecule has 0 atom stereocenters. The lowest BCUT2D eigenvalue weighted by atomic mass is 9.79. The minimum absolute atomic E-state index is 0.0312.